The maximum absolute atomic E-state index is 14.0. The van der Waals surface area contributed by atoms with Crippen molar-refractivity contribution >= 4 is 40.4 Å². The largest absolute Gasteiger partial charge is 0.505 e. The summed E-state index contributed by atoms with van der Waals surface area (Å²) in [6.07, 6.45) is 1.15. The highest BCUT2D eigenvalue weighted by atomic mass is 16.3. The summed E-state index contributed by atoms with van der Waals surface area (Å²) in [6.45, 7) is 4.65. The molecule has 0 heterocycles. The van der Waals surface area contributed by atoms with Gasteiger partial charge in [0, 0.05) is 32.2 Å². The van der Waals surface area contributed by atoms with E-state index < -0.39 is 64.4 Å². The highest BCUT2D eigenvalue weighted by Crippen LogP contribution is 2.52. The van der Waals surface area contributed by atoms with Crippen LogP contribution in [-0.2, 0) is 25.6 Å². The van der Waals surface area contributed by atoms with E-state index in [0.29, 0.717) is 29.4 Å². The Morgan fingerprint density at radius 2 is 1.82 bits per heavy atom. The van der Waals surface area contributed by atoms with Crippen LogP contribution < -0.4 is 16.0 Å². The molecule has 3 aliphatic rings. The molecule has 39 heavy (non-hydrogen) atoms. The molecule has 1 aromatic carbocycles. The summed E-state index contributed by atoms with van der Waals surface area (Å²) >= 11 is 0. The van der Waals surface area contributed by atoms with Gasteiger partial charge in [-0.05, 0) is 50.4 Å². The molecule has 11 nitrogen and oxygen atoms in total. The summed E-state index contributed by atoms with van der Waals surface area (Å²) in [7, 11) is 6.75. The summed E-state index contributed by atoms with van der Waals surface area (Å²) in [5, 5.41) is 26.1. The molecule has 5 N–H and O–H groups in total. The number of nitrogens with two attached hydrogens (primary N) is 1. The van der Waals surface area contributed by atoms with Crippen molar-refractivity contribution in [2.45, 2.75) is 44.8 Å². The smallest absolute Gasteiger partial charge is 0.235 e. The van der Waals surface area contributed by atoms with Gasteiger partial charge in [-0.2, -0.15) is 0 Å². The van der Waals surface area contributed by atoms with Crippen LogP contribution in [-0.4, -0.2) is 90.5 Å². The molecule has 1 amide bonds. The van der Waals surface area contributed by atoms with E-state index >= 15 is 0 Å². The highest BCUT2D eigenvalue weighted by Gasteiger charge is 2.69. The number of ketones is 4. The number of aromatic hydroxyl groups is 1. The van der Waals surface area contributed by atoms with Crippen LogP contribution in [0, 0.1) is 29.6 Å². The van der Waals surface area contributed by atoms with Gasteiger partial charge in [0.05, 0.1) is 23.2 Å². The topological polar surface area (TPSA) is 170 Å². The van der Waals surface area contributed by atoms with Crippen LogP contribution in [0.1, 0.15) is 42.6 Å². The lowest BCUT2D eigenvalue weighted by Crippen LogP contribution is -2.74. The lowest BCUT2D eigenvalue weighted by molar-refractivity contribution is -0.181. The van der Waals surface area contributed by atoms with E-state index in [1.807, 2.05) is 25.9 Å². The number of fused-ring (bicyclic) bond motifs is 3. The number of nitrogens with one attached hydrogen (secondary N) is 1. The molecule has 11 heteroatoms. The number of hydrogen-bond donors (Lipinski definition) is 4. The van der Waals surface area contributed by atoms with Gasteiger partial charge in [0.25, 0.3) is 0 Å². The van der Waals surface area contributed by atoms with Gasteiger partial charge < -0.3 is 26.2 Å². The molecule has 0 spiro atoms. The molecule has 0 radical (unpaired) electrons. The summed E-state index contributed by atoms with van der Waals surface area (Å²) < 4.78 is 0. The van der Waals surface area contributed by atoms with Crippen LogP contribution in [0.4, 0.5) is 11.4 Å². The fraction of sp³-hybridized carbons (Fsp3) is 0.607. The van der Waals surface area contributed by atoms with E-state index in [0.717, 1.165) is 6.42 Å². The van der Waals surface area contributed by atoms with Crippen molar-refractivity contribution in [2.24, 2.45) is 35.3 Å². The normalized spacial score (nSPS) is 30.9. The number of amides is 1. The summed E-state index contributed by atoms with van der Waals surface area (Å²) in [4.78, 5) is 70.0. The van der Waals surface area contributed by atoms with E-state index in [4.69, 9.17) is 5.73 Å². The maximum Gasteiger partial charge on any atom is 0.235 e. The van der Waals surface area contributed by atoms with Gasteiger partial charge in [-0.1, -0.05) is 20.3 Å². The van der Waals surface area contributed by atoms with Gasteiger partial charge in [0.2, 0.25) is 5.91 Å². The van der Waals surface area contributed by atoms with Crippen molar-refractivity contribution in [1.29, 1.82) is 0 Å². The number of rotatable bonds is 7. The van der Waals surface area contributed by atoms with Crippen molar-refractivity contribution in [3.63, 3.8) is 0 Å². The van der Waals surface area contributed by atoms with Crippen LogP contribution in [0.3, 0.4) is 0 Å². The first kappa shape index (κ1) is 28.7. The summed E-state index contributed by atoms with van der Waals surface area (Å²) in [6, 6.07) is 0.652. The molecule has 4 rings (SSSR count). The van der Waals surface area contributed by atoms with Gasteiger partial charge in [-0.15, -0.1) is 0 Å². The van der Waals surface area contributed by atoms with E-state index in [1.165, 1.54) is 4.90 Å². The monoisotopic (exact) mass is 542 g/mol. The lowest BCUT2D eigenvalue weighted by atomic mass is 9.52. The SMILES string of the molecule is CCC(C)CNc1cc(N(C)C)c2c(c1O)C(=O)C1C(=O)[C@@]3(O)C(=O)C(C(N)=O)C(=O)[C@H](N(C)C)[C@H]3C[C@H]1C2. The van der Waals surface area contributed by atoms with E-state index in [1.54, 1.807) is 20.2 Å². The minimum Gasteiger partial charge on any atom is -0.505 e. The van der Waals surface area contributed by atoms with Crippen LogP contribution in [0.5, 0.6) is 5.75 Å². The van der Waals surface area contributed by atoms with Gasteiger partial charge in [0.15, 0.2) is 34.7 Å². The van der Waals surface area contributed by atoms with Crippen molar-refractivity contribution < 1.29 is 34.2 Å². The molecule has 0 aliphatic heterocycles. The van der Waals surface area contributed by atoms with Crippen LogP contribution >= 0.6 is 0 Å². The Kier molecular flexibility index (Phi) is 7.37. The number of carbonyl (C=O) groups is 5. The van der Waals surface area contributed by atoms with E-state index in [2.05, 4.69) is 12.2 Å². The predicted octanol–water partition coefficient (Wildman–Crippen LogP) is 0.391. The molecule has 2 fully saturated rings. The number of likely N-dealkylation sites (N-methyl/N-ethyl adjacent to an activating group) is 1. The zero-order chi connectivity index (χ0) is 29.1. The number of nitrogens with zero attached hydrogens (tertiary/aromatic N) is 2. The lowest BCUT2D eigenvalue weighted by Gasteiger charge is -2.52. The summed E-state index contributed by atoms with van der Waals surface area (Å²) in [5.74, 6) is -10.2. The number of carbonyl (C=O) groups excluding carboxylic acids is 5. The molecule has 0 saturated heterocycles. The number of aliphatic hydroxyl groups is 1. The van der Waals surface area contributed by atoms with Crippen molar-refractivity contribution in [1.82, 2.24) is 4.90 Å². The average molecular weight is 543 g/mol. The third-order valence-electron chi connectivity index (χ3n) is 8.86. The summed E-state index contributed by atoms with van der Waals surface area (Å²) in [5.41, 5.74) is 4.24. The number of primary amides is 1. The second-order valence-corrected chi connectivity index (χ2v) is 11.7. The second kappa shape index (κ2) is 10.0. The molecular weight excluding hydrogens is 504 g/mol. The Labute approximate surface area is 227 Å². The molecule has 212 valence electrons. The number of anilines is 2. The van der Waals surface area contributed by atoms with Crippen LogP contribution in [0.2, 0.25) is 0 Å². The third kappa shape index (κ3) is 4.22. The fourth-order valence-corrected chi connectivity index (χ4v) is 6.61. The fourth-order valence-electron chi connectivity index (χ4n) is 6.61. The molecule has 0 aromatic heterocycles. The molecule has 3 aliphatic carbocycles. The molecule has 2 saturated carbocycles. The number of phenols is 1. The highest BCUT2D eigenvalue weighted by molar-refractivity contribution is 6.32. The first-order valence-corrected chi connectivity index (χ1v) is 13.3. The number of hydrogen-bond acceptors (Lipinski definition) is 10. The van der Waals surface area contributed by atoms with E-state index in [-0.39, 0.29) is 24.2 Å². The third-order valence-corrected chi connectivity index (χ3v) is 8.86. The number of benzene rings is 1. The van der Waals surface area contributed by atoms with Crippen molar-refractivity contribution in [2.75, 3.05) is 45.0 Å². The van der Waals surface area contributed by atoms with Gasteiger partial charge in [-0.25, -0.2) is 0 Å². The Balaban J connectivity index is 1.85. The number of phenolic OH excluding ortho intramolecular Hbond substituents is 1. The zero-order valence-electron chi connectivity index (χ0n) is 23.3. The second-order valence-electron chi connectivity index (χ2n) is 11.7. The van der Waals surface area contributed by atoms with Gasteiger partial charge in [0.1, 0.15) is 5.75 Å². The zero-order valence-corrected chi connectivity index (χ0v) is 23.3. The average Bonchev–Trinajstić information content (AvgIpc) is 2.84. The van der Waals surface area contributed by atoms with Gasteiger partial charge >= 0.3 is 0 Å². The minimum absolute atomic E-state index is 0.0144. The molecular formula is C28H38N4O7. The predicted molar refractivity (Wildman–Crippen MR) is 144 cm³/mol. The Bertz CT molecular complexity index is 1260. The van der Waals surface area contributed by atoms with Crippen LogP contribution in [0.25, 0.3) is 0 Å². The van der Waals surface area contributed by atoms with E-state index in [9.17, 15) is 34.2 Å². The van der Waals surface area contributed by atoms with Crippen molar-refractivity contribution in [3.8, 4) is 5.75 Å². The Morgan fingerprint density at radius 3 is 2.36 bits per heavy atom. The Morgan fingerprint density at radius 1 is 1.18 bits per heavy atom. The van der Waals surface area contributed by atoms with Gasteiger partial charge in [-0.3, -0.25) is 28.9 Å². The molecule has 1 aromatic rings. The minimum atomic E-state index is -2.73. The number of Topliss-reactive ketones (excluding diaryl/α,β-unsaturated/α-hetero) is 4. The standard InChI is InChI=1S/C28H38N4O7/c1-7-12(2)11-30-16-10-17(31(3)4)14-8-13-9-15-21(32(5)6)24(35)20(27(29)38)26(37)28(15,39)25(36)18(13)23(34)19(14)22(16)33/h10,12-13,15,18,20-21,30,33,39H,7-9,11H2,1-6H3,(H2,29,38)/t12?,13-,15-,18?,20?,21-,28-/m1/s1. The first-order chi connectivity index (χ1) is 18.2. The molecule has 7 atom stereocenters. The molecule has 0 bridgehead atoms. The van der Waals surface area contributed by atoms with Crippen molar-refractivity contribution in [3.05, 3.63) is 17.2 Å². The van der Waals surface area contributed by atoms with Crippen LogP contribution in [0.15, 0.2) is 6.07 Å². The first-order valence-electron chi connectivity index (χ1n) is 13.3. The molecule has 3 unspecified atom stereocenters. The quantitative estimate of drug-likeness (QED) is 0.279. The maximum atomic E-state index is 14.0. The Hall–Kier alpha value is -3.31.